The molecule has 0 aliphatic carbocycles. The van der Waals surface area contributed by atoms with Gasteiger partial charge in [-0.1, -0.05) is 24.1 Å². The molecule has 0 N–H and O–H groups in total. The summed E-state index contributed by atoms with van der Waals surface area (Å²) in [5.41, 5.74) is 3.40. The molecule has 0 radical (unpaired) electrons. The SMILES string of the molecule is C(#Cc1nc2ncccc2nc1OCc1ccnnc1)c1ccccc1. The van der Waals surface area contributed by atoms with Crippen LogP contribution in [-0.4, -0.2) is 25.1 Å². The number of benzene rings is 1. The largest absolute Gasteiger partial charge is 0.471 e. The predicted molar refractivity (Wildman–Crippen MR) is 96.1 cm³/mol. The van der Waals surface area contributed by atoms with Crippen molar-refractivity contribution in [1.29, 1.82) is 0 Å². The van der Waals surface area contributed by atoms with Gasteiger partial charge in [0.1, 0.15) is 12.1 Å². The Morgan fingerprint density at radius 2 is 1.77 bits per heavy atom. The second-order valence-electron chi connectivity index (χ2n) is 5.38. The fourth-order valence-electron chi connectivity index (χ4n) is 2.27. The third-order valence-electron chi connectivity index (χ3n) is 3.53. The van der Waals surface area contributed by atoms with Gasteiger partial charge in [0.15, 0.2) is 11.3 Å². The standard InChI is InChI=1S/C20H13N5O/c1-2-5-15(6-3-1)8-9-18-20(26-14-16-10-12-22-23-13-16)25-17-7-4-11-21-19(17)24-18/h1-7,10-13H,14H2. The predicted octanol–water partition coefficient (Wildman–Crippen LogP) is 2.79. The number of hydrogen-bond acceptors (Lipinski definition) is 6. The van der Waals surface area contributed by atoms with Gasteiger partial charge < -0.3 is 4.74 Å². The Hall–Kier alpha value is -3.85. The molecule has 3 heterocycles. The summed E-state index contributed by atoms with van der Waals surface area (Å²) < 4.78 is 5.85. The van der Waals surface area contributed by atoms with Gasteiger partial charge in [-0.3, -0.25) is 0 Å². The lowest BCUT2D eigenvalue weighted by Gasteiger charge is -2.07. The van der Waals surface area contributed by atoms with Crippen LogP contribution < -0.4 is 4.74 Å². The number of fused-ring (bicyclic) bond motifs is 1. The van der Waals surface area contributed by atoms with Crippen LogP contribution in [-0.2, 0) is 6.61 Å². The maximum Gasteiger partial charge on any atom is 0.250 e. The van der Waals surface area contributed by atoms with E-state index in [4.69, 9.17) is 4.74 Å². The molecule has 124 valence electrons. The smallest absolute Gasteiger partial charge is 0.250 e. The molecule has 0 aliphatic heterocycles. The van der Waals surface area contributed by atoms with E-state index in [1.165, 1.54) is 0 Å². The molecule has 0 aliphatic rings. The second kappa shape index (κ2) is 7.36. The van der Waals surface area contributed by atoms with Gasteiger partial charge in [0.25, 0.3) is 0 Å². The van der Waals surface area contributed by atoms with Crippen LogP contribution in [0.3, 0.4) is 0 Å². The molecule has 0 bridgehead atoms. The minimum atomic E-state index is 0.302. The van der Waals surface area contributed by atoms with E-state index in [0.29, 0.717) is 29.3 Å². The van der Waals surface area contributed by atoms with E-state index in [2.05, 4.69) is 37.0 Å². The topological polar surface area (TPSA) is 73.7 Å². The Morgan fingerprint density at radius 3 is 2.62 bits per heavy atom. The minimum absolute atomic E-state index is 0.302. The van der Waals surface area contributed by atoms with E-state index in [-0.39, 0.29) is 0 Å². The van der Waals surface area contributed by atoms with Gasteiger partial charge in [-0.05, 0) is 36.3 Å². The summed E-state index contributed by atoms with van der Waals surface area (Å²) in [5.74, 6) is 6.49. The highest BCUT2D eigenvalue weighted by Crippen LogP contribution is 2.18. The maximum atomic E-state index is 5.85. The number of hydrogen-bond donors (Lipinski definition) is 0. The molecule has 0 saturated carbocycles. The van der Waals surface area contributed by atoms with Crippen LogP contribution >= 0.6 is 0 Å². The van der Waals surface area contributed by atoms with Gasteiger partial charge in [0.2, 0.25) is 5.88 Å². The third-order valence-corrected chi connectivity index (χ3v) is 3.53. The van der Waals surface area contributed by atoms with Gasteiger partial charge in [0.05, 0.1) is 6.20 Å². The van der Waals surface area contributed by atoms with Crippen LogP contribution in [0.15, 0.2) is 67.1 Å². The molecule has 0 saturated heterocycles. The zero-order chi connectivity index (χ0) is 17.6. The molecular weight excluding hydrogens is 326 g/mol. The Kier molecular flexibility index (Phi) is 4.44. The normalized spacial score (nSPS) is 10.2. The Morgan fingerprint density at radius 1 is 0.846 bits per heavy atom. The van der Waals surface area contributed by atoms with Crippen LogP contribution in [0.2, 0.25) is 0 Å². The highest BCUT2D eigenvalue weighted by molar-refractivity contribution is 5.71. The monoisotopic (exact) mass is 339 g/mol. The average molecular weight is 339 g/mol. The summed E-state index contributed by atoms with van der Waals surface area (Å²) in [6.45, 7) is 0.302. The molecule has 0 amide bonds. The maximum absolute atomic E-state index is 5.85. The highest BCUT2D eigenvalue weighted by atomic mass is 16.5. The summed E-state index contributed by atoms with van der Waals surface area (Å²) in [6.07, 6.45) is 4.94. The average Bonchev–Trinajstić information content (AvgIpc) is 2.72. The van der Waals surface area contributed by atoms with E-state index in [9.17, 15) is 0 Å². The summed E-state index contributed by atoms with van der Waals surface area (Å²) >= 11 is 0. The van der Waals surface area contributed by atoms with Crippen molar-refractivity contribution in [3.8, 4) is 17.7 Å². The van der Waals surface area contributed by atoms with E-state index in [1.54, 1.807) is 18.6 Å². The number of nitrogens with zero attached hydrogens (tertiary/aromatic N) is 5. The molecule has 6 nitrogen and oxygen atoms in total. The Bertz CT molecular complexity index is 1090. The van der Waals surface area contributed by atoms with Crippen molar-refractivity contribution in [2.45, 2.75) is 6.61 Å². The zero-order valence-electron chi connectivity index (χ0n) is 13.7. The first kappa shape index (κ1) is 15.7. The van der Waals surface area contributed by atoms with E-state index in [1.807, 2.05) is 48.5 Å². The lowest BCUT2D eigenvalue weighted by molar-refractivity contribution is 0.292. The lowest BCUT2D eigenvalue weighted by Crippen LogP contribution is -2.03. The second-order valence-corrected chi connectivity index (χ2v) is 5.38. The number of rotatable bonds is 3. The van der Waals surface area contributed by atoms with Gasteiger partial charge in [-0.15, -0.1) is 0 Å². The molecule has 4 aromatic rings. The first-order valence-electron chi connectivity index (χ1n) is 7.97. The summed E-state index contributed by atoms with van der Waals surface area (Å²) in [6, 6.07) is 15.2. The van der Waals surface area contributed by atoms with Gasteiger partial charge >= 0.3 is 0 Å². The molecule has 0 fully saturated rings. The van der Waals surface area contributed by atoms with Crippen molar-refractivity contribution < 1.29 is 4.74 Å². The fourth-order valence-corrected chi connectivity index (χ4v) is 2.27. The molecule has 1 aromatic carbocycles. The zero-order valence-corrected chi connectivity index (χ0v) is 13.7. The van der Waals surface area contributed by atoms with Crippen LogP contribution in [0.1, 0.15) is 16.8 Å². The van der Waals surface area contributed by atoms with Crippen LogP contribution in [0.25, 0.3) is 11.2 Å². The van der Waals surface area contributed by atoms with Crippen molar-refractivity contribution in [2.75, 3.05) is 0 Å². The molecule has 26 heavy (non-hydrogen) atoms. The van der Waals surface area contributed by atoms with Gasteiger partial charge in [0, 0.05) is 23.5 Å². The van der Waals surface area contributed by atoms with Crippen molar-refractivity contribution in [3.63, 3.8) is 0 Å². The van der Waals surface area contributed by atoms with Gasteiger partial charge in [-0.25, -0.2) is 15.0 Å². The molecule has 0 spiro atoms. The Balaban J connectivity index is 1.70. The van der Waals surface area contributed by atoms with E-state index in [0.717, 1.165) is 11.1 Å². The van der Waals surface area contributed by atoms with E-state index >= 15 is 0 Å². The molecule has 0 unspecified atom stereocenters. The van der Waals surface area contributed by atoms with Gasteiger partial charge in [-0.2, -0.15) is 10.2 Å². The molecule has 6 heteroatoms. The molecule has 3 aromatic heterocycles. The summed E-state index contributed by atoms with van der Waals surface area (Å²) in [4.78, 5) is 13.3. The van der Waals surface area contributed by atoms with Crippen molar-refractivity contribution >= 4 is 11.2 Å². The summed E-state index contributed by atoms with van der Waals surface area (Å²) in [5, 5.41) is 7.60. The van der Waals surface area contributed by atoms with Crippen molar-refractivity contribution in [2.24, 2.45) is 0 Å². The van der Waals surface area contributed by atoms with Crippen LogP contribution in [0.5, 0.6) is 5.88 Å². The van der Waals surface area contributed by atoms with Crippen LogP contribution in [0.4, 0.5) is 0 Å². The first-order chi connectivity index (χ1) is 12.9. The van der Waals surface area contributed by atoms with Crippen LogP contribution in [0, 0.1) is 11.8 Å². The number of aromatic nitrogens is 5. The highest BCUT2D eigenvalue weighted by Gasteiger charge is 2.09. The number of ether oxygens (including phenoxy) is 1. The van der Waals surface area contributed by atoms with Crippen molar-refractivity contribution in [3.05, 3.63) is 83.9 Å². The molecule has 0 atom stereocenters. The molecular formula is C20H13N5O. The summed E-state index contributed by atoms with van der Waals surface area (Å²) in [7, 11) is 0. The minimum Gasteiger partial charge on any atom is -0.471 e. The fraction of sp³-hybridized carbons (Fsp3) is 0.0500. The molecule has 4 rings (SSSR count). The number of pyridine rings is 1. The van der Waals surface area contributed by atoms with E-state index < -0.39 is 0 Å². The first-order valence-corrected chi connectivity index (χ1v) is 7.97. The Labute approximate surface area is 150 Å². The lowest BCUT2D eigenvalue weighted by atomic mass is 10.2. The van der Waals surface area contributed by atoms with Crippen molar-refractivity contribution in [1.82, 2.24) is 25.1 Å². The quantitative estimate of drug-likeness (QED) is 0.534. The third kappa shape index (κ3) is 3.62.